The first-order valence-electron chi connectivity index (χ1n) is 4.81. The SMILES string of the molecule is Cc1cc(OCCCS(C)(=O)=O)ncc1Br. The van der Waals surface area contributed by atoms with E-state index in [0.717, 1.165) is 10.0 Å². The van der Waals surface area contributed by atoms with E-state index in [4.69, 9.17) is 4.74 Å². The van der Waals surface area contributed by atoms with Gasteiger partial charge in [0, 0.05) is 23.0 Å². The molecule has 0 fully saturated rings. The Kier molecular flexibility index (Phi) is 4.73. The van der Waals surface area contributed by atoms with Gasteiger partial charge in [0.15, 0.2) is 0 Å². The second-order valence-corrected chi connectivity index (χ2v) is 6.72. The highest BCUT2D eigenvalue weighted by atomic mass is 79.9. The van der Waals surface area contributed by atoms with Crippen LogP contribution in [0.5, 0.6) is 5.88 Å². The fourth-order valence-electron chi connectivity index (χ4n) is 1.09. The monoisotopic (exact) mass is 307 g/mol. The van der Waals surface area contributed by atoms with Crippen LogP contribution >= 0.6 is 15.9 Å². The van der Waals surface area contributed by atoms with Gasteiger partial charge in [-0.05, 0) is 34.8 Å². The molecule has 0 N–H and O–H groups in total. The van der Waals surface area contributed by atoms with Gasteiger partial charge in [-0.15, -0.1) is 0 Å². The van der Waals surface area contributed by atoms with Gasteiger partial charge in [0.25, 0.3) is 0 Å². The van der Waals surface area contributed by atoms with Crippen molar-refractivity contribution in [3.05, 3.63) is 22.3 Å². The molecule has 1 aromatic rings. The van der Waals surface area contributed by atoms with Gasteiger partial charge in [-0.1, -0.05) is 0 Å². The Morgan fingerprint density at radius 1 is 1.50 bits per heavy atom. The quantitative estimate of drug-likeness (QED) is 0.780. The zero-order valence-corrected chi connectivity index (χ0v) is 11.6. The van der Waals surface area contributed by atoms with Gasteiger partial charge < -0.3 is 4.74 Å². The summed E-state index contributed by atoms with van der Waals surface area (Å²) < 4.78 is 28.0. The highest BCUT2D eigenvalue weighted by Crippen LogP contribution is 2.18. The van der Waals surface area contributed by atoms with Gasteiger partial charge in [-0.25, -0.2) is 13.4 Å². The number of aromatic nitrogens is 1. The van der Waals surface area contributed by atoms with Crippen molar-refractivity contribution in [3.63, 3.8) is 0 Å². The summed E-state index contributed by atoms with van der Waals surface area (Å²) in [6.07, 6.45) is 3.37. The topological polar surface area (TPSA) is 56.3 Å². The summed E-state index contributed by atoms with van der Waals surface area (Å²) in [4.78, 5) is 4.05. The molecule has 0 spiro atoms. The van der Waals surface area contributed by atoms with E-state index in [1.54, 1.807) is 6.20 Å². The van der Waals surface area contributed by atoms with E-state index in [2.05, 4.69) is 20.9 Å². The number of ether oxygens (including phenoxy) is 1. The van der Waals surface area contributed by atoms with Crippen molar-refractivity contribution in [2.75, 3.05) is 18.6 Å². The summed E-state index contributed by atoms with van der Waals surface area (Å²) in [5.41, 5.74) is 1.04. The van der Waals surface area contributed by atoms with E-state index in [-0.39, 0.29) is 5.75 Å². The lowest BCUT2D eigenvalue weighted by Crippen LogP contribution is -2.08. The number of aryl methyl sites for hydroxylation is 1. The van der Waals surface area contributed by atoms with Gasteiger partial charge in [0.1, 0.15) is 9.84 Å². The van der Waals surface area contributed by atoms with Gasteiger partial charge in [0.2, 0.25) is 5.88 Å². The van der Waals surface area contributed by atoms with Crippen LogP contribution in [0.15, 0.2) is 16.7 Å². The van der Waals surface area contributed by atoms with Crippen LogP contribution in [0.1, 0.15) is 12.0 Å². The molecule has 0 saturated carbocycles. The normalized spacial score (nSPS) is 11.4. The summed E-state index contributed by atoms with van der Waals surface area (Å²) in [6, 6.07) is 1.81. The molecule has 0 amide bonds. The third kappa shape index (κ3) is 4.94. The second kappa shape index (κ2) is 5.63. The number of hydrogen-bond donors (Lipinski definition) is 0. The highest BCUT2D eigenvalue weighted by molar-refractivity contribution is 9.10. The molecule has 0 aromatic carbocycles. The number of pyridine rings is 1. The molecule has 90 valence electrons. The smallest absolute Gasteiger partial charge is 0.213 e. The Bertz CT molecular complexity index is 459. The maximum absolute atomic E-state index is 10.9. The van der Waals surface area contributed by atoms with Gasteiger partial charge in [-0.2, -0.15) is 0 Å². The zero-order chi connectivity index (χ0) is 12.2. The molecule has 1 rings (SSSR count). The predicted octanol–water partition coefficient (Wildman–Crippen LogP) is 1.97. The molecular weight excluding hydrogens is 294 g/mol. The standard InChI is InChI=1S/C10H14BrNO3S/c1-8-6-10(12-7-9(8)11)15-4-3-5-16(2,13)14/h6-7H,3-5H2,1-2H3. The summed E-state index contributed by atoms with van der Waals surface area (Å²) >= 11 is 3.34. The lowest BCUT2D eigenvalue weighted by Gasteiger charge is -2.06. The molecule has 0 bridgehead atoms. The molecule has 0 aliphatic heterocycles. The molecule has 0 aliphatic carbocycles. The van der Waals surface area contributed by atoms with Crippen molar-refractivity contribution in [2.45, 2.75) is 13.3 Å². The minimum absolute atomic E-state index is 0.141. The molecule has 4 nitrogen and oxygen atoms in total. The van der Waals surface area contributed by atoms with Crippen LogP contribution < -0.4 is 4.74 Å². The van der Waals surface area contributed by atoms with Crippen LogP contribution in [0.25, 0.3) is 0 Å². The minimum atomic E-state index is -2.90. The molecule has 0 radical (unpaired) electrons. The van der Waals surface area contributed by atoms with Crippen molar-refractivity contribution < 1.29 is 13.2 Å². The first kappa shape index (κ1) is 13.4. The Balaban J connectivity index is 2.41. The lowest BCUT2D eigenvalue weighted by molar-refractivity contribution is 0.305. The molecule has 0 unspecified atom stereocenters. The molecule has 0 saturated heterocycles. The molecule has 0 atom stereocenters. The van der Waals surface area contributed by atoms with Crippen LogP contribution in [-0.4, -0.2) is 32.0 Å². The van der Waals surface area contributed by atoms with E-state index >= 15 is 0 Å². The highest BCUT2D eigenvalue weighted by Gasteiger charge is 2.03. The van der Waals surface area contributed by atoms with Crippen molar-refractivity contribution in [1.29, 1.82) is 0 Å². The molecule has 1 heterocycles. The predicted molar refractivity (Wildman–Crippen MR) is 66.5 cm³/mol. The number of nitrogens with zero attached hydrogens (tertiary/aromatic N) is 1. The van der Waals surface area contributed by atoms with Crippen LogP contribution in [0.3, 0.4) is 0 Å². The Morgan fingerprint density at radius 3 is 2.75 bits per heavy atom. The molecular formula is C10H14BrNO3S. The number of hydrogen-bond acceptors (Lipinski definition) is 4. The summed E-state index contributed by atoms with van der Waals surface area (Å²) in [5.74, 6) is 0.664. The van der Waals surface area contributed by atoms with E-state index in [9.17, 15) is 8.42 Å². The van der Waals surface area contributed by atoms with Crippen LogP contribution in [-0.2, 0) is 9.84 Å². The second-order valence-electron chi connectivity index (χ2n) is 3.60. The molecule has 1 aromatic heterocycles. The summed E-state index contributed by atoms with van der Waals surface area (Å²) in [6.45, 7) is 2.30. The van der Waals surface area contributed by atoms with Gasteiger partial charge >= 0.3 is 0 Å². The van der Waals surface area contributed by atoms with Crippen molar-refractivity contribution in [2.24, 2.45) is 0 Å². The molecule has 6 heteroatoms. The first-order valence-corrected chi connectivity index (χ1v) is 7.66. The molecule has 0 aliphatic rings. The average Bonchev–Trinajstić information content (AvgIpc) is 2.17. The van der Waals surface area contributed by atoms with E-state index in [0.29, 0.717) is 18.9 Å². The van der Waals surface area contributed by atoms with Crippen molar-refractivity contribution in [1.82, 2.24) is 4.98 Å². The third-order valence-corrected chi connectivity index (χ3v) is 3.79. The van der Waals surface area contributed by atoms with Crippen molar-refractivity contribution in [3.8, 4) is 5.88 Å². The third-order valence-electron chi connectivity index (χ3n) is 1.93. The maximum atomic E-state index is 10.9. The van der Waals surface area contributed by atoms with Gasteiger partial charge in [-0.3, -0.25) is 0 Å². The van der Waals surface area contributed by atoms with E-state index in [1.807, 2.05) is 13.0 Å². The zero-order valence-electron chi connectivity index (χ0n) is 9.23. The van der Waals surface area contributed by atoms with E-state index in [1.165, 1.54) is 6.26 Å². The van der Waals surface area contributed by atoms with Gasteiger partial charge in [0.05, 0.1) is 12.4 Å². The largest absolute Gasteiger partial charge is 0.478 e. The number of halogens is 1. The van der Waals surface area contributed by atoms with Crippen LogP contribution in [0.4, 0.5) is 0 Å². The Labute approximate surface area is 104 Å². The van der Waals surface area contributed by atoms with Crippen LogP contribution in [0, 0.1) is 6.92 Å². The average molecular weight is 308 g/mol. The molecule has 16 heavy (non-hydrogen) atoms. The number of sulfone groups is 1. The van der Waals surface area contributed by atoms with Crippen LogP contribution in [0.2, 0.25) is 0 Å². The lowest BCUT2D eigenvalue weighted by atomic mass is 10.3. The first-order chi connectivity index (χ1) is 7.38. The van der Waals surface area contributed by atoms with E-state index < -0.39 is 9.84 Å². The number of rotatable bonds is 5. The maximum Gasteiger partial charge on any atom is 0.213 e. The summed E-state index contributed by atoms with van der Waals surface area (Å²) in [5, 5.41) is 0. The Morgan fingerprint density at radius 2 is 2.19 bits per heavy atom. The Hall–Kier alpha value is -0.620. The summed E-state index contributed by atoms with van der Waals surface area (Å²) in [7, 11) is -2.90. The fraction of sp³-hybridized carbons (Fsp3) is 0.500. The van der Waals surface area contributed by atoms with Crippen molar-refractivity contribution >= 4 is 25.8 Å². The minimum Gasteiger partial charge on any atom is -0.478 e. The fourth-order valence-corrected chi connectivity index (χ4v) is 1.95.